The number of esters is 2. The van der Waals surface area contributed by atoms with Gasteiger partial charge in [-0.1, -0.05) is 23.7 Å². The maximum absolute atomic E-state index is 13.2. The third kappa shape index (κ3) is 4.85. The Kier molecular flexibility index (Phi) is 7.50. The van der Waals surface area contributed by atoms with Gasteiger partial charge >= 0.3 is 11.9 Å². The molecule has 3 rings (SSSR count). The molecule has 0 radical (unpaired) electrons. The molecule has 30 heavy (non-hydrogen) atoms. The number of nitrogens with zero attached hydrogens (tertiary/aromatic N) is 1. The highest BCUT2D eigenvalue weighted by Gasteiger charge is 2.41. The lowest BCUT2D eigenvalue weighted by molar-refractivity contribution is -0.139. The van der Waals surface area contributed by atoms with E-state index in [1.54, 1.807) is 26.0 Å². The van der Waals surface area contributed by atoms with Gasteiger partial charge in [0.15, 0.2) is 0 Å². The van der Waals surface area contributed by atoms with Crippen LogP contribution in [0.25, 0.3) is 0 Å². The number of thioether (sulfide) groups is 1. The first-order valence-corrected chi connectivity index (χ1v) is 11.3. The summed E-state index contributed by atoms with van der Waals surface area (Å²) >= 11 is 7.79. The largest absolute Gasteiger partial charge is 0.463 e. The van der Waals surface area contributed by atoms with Gasteiger partial charge in [-0.05, 0) is 38.5 Å². The lowest BCUT2D eigenvalue weighted by Crippen LogP contribution is -2.34. The number of epoxide rings is 1. The van der Waals surface area contributed by atoms with Crippen molar-refractivity contribution in [2.24, 2.45) is 0 Å². The molecule has 6 nitrogen and oxygen atoms in total. The van der Waals surface area contributed by atoms with Gasteiger partial charge in [-0.15, -0.1) is 11.8 Å². The van der Waals surface area contributed by atoms with E-state index in [2.05, 4.69) is 0 Å². The monoisotopic (exact) mass is 451 g/mol. The molecule has 0 bridgehead atoms. The van der Waals surface area contributed by atoms with Gasteiger partial charge in [0, 0.05) is 23.5 Å². The van der Waals surface area contributed by atoms with Crippen LogP contribution in [0.1, 0.15) is 32.3 Å². The van der Waals surface area contributed by atoms with Crippen molar-refractivity contribution in [1.29, 1.82) is 0 Å². The van der Waals surface area contributed by atoms with Crippen LogP contribution < -0.4 is 0 Å². The Hall–Kier alpha value is -1.96. The predicted octanol–water partition coefficient (Wildman–Crippen LogP) is 4.11. The minimum Gasteiger partial charge on any atom is -0.463 e. The molecule has 8 heteroatoms. The fraction of sp³-hybridized carbons (Fsp3) is 0.455. The smallest absolute Gasteiger partial charge is 0.337 e. The zero-order chi connectivity index (χ0) is 21.8. The summed E-state index contributed by atoms with van der Waals surface area (Å²) in [5.41, 5.74) is 2.30. The molecule has 0 aliphatic carbocycles. The summed E-state index contributed by atoms with van der Waals surface area (Å²) in [7, 11) is 1.85. The maximum atomic E-state index is 13.2. The molecule has 0 amide bonds. The highest BCUT2D eigenvalue weighted by molar-refractivity contribution is 8.03. The molecule has 0 saturated carbocycles. The molecule has 2 heterocycles. The number of carbonyl (C=O) groups is 2. The first-order chi connectivity index (χ1) is 14.4. The molecule has 2 unspecified atom stereocenters. The van der Waals surface area contributed by atoms with E-state index in [0.717, 1.165) is 22.9 Å². The van der Waals surface area contributed by atoms with E-state index in [4.69, 9.17) is 25.8 Å². The summed E-state index contributed by atoms with van der Waals surface area (Å²) in [6.45, 7) is 6.57. The molecule has 162 valence electrons. The normalized spacial score (nSPS) is 21.0. The number of carbonyl (C=O) groups excluding carboxylic acids is 2. The second-order valence-electron chi connectivity index (χ2n) is 6.97. The molecule has 1 saturated heterocycles. The predicted molar refractivity (Wildman–Crippen MR) is 117 cm³/mol. The number of benzene rings is 1. The van der Waals surface area contributed by atoms with Crippen molar-refractivity contribution in [3.05, 3.63) is 56.7 Å². The van der Waals surface area contributed by atoms with Gasteiger partial charge in [0.25, 0.3) is 0 Å². The molecule has 1 fully saturated rings. The zero-order valence-corrected chi connectivity index (χ0v) is 19.1. The number of rotatable bonds is 8. The number of allylic oxidation sites excluding steroid dienone is 1. The number of hydrogen-bond donors (Lipinski definition) is 0. The fourth-order valence-corrected chi connectivity index (χ4v) is 4.83. The van der Waals surface area contributed by atoms with Crippen LogP contribution in [-0.4, -0.2) is 55.6 Å². The molecular formula is C22H26ClNO5S. The summed E-state index contributed by atoms with van der Waals surface area (Å²) in [5.74, 6) is -0.834. The Morgan fingerprint density at radius 3 is 2.40 bits per heavy atom. The van der Waals surface area contributed by atoms with Gasteiger partial charge in [0.1, 0.15) is 0 Å². The molecule has 2 aliphatic heterocycles. The minimum atomic E-state index is -0.638. The second-order valence-corrected chi connectivity index (χ2v) is 8.42. The van der Waals surface area contributed by atoms with E-state index in [0.29, 0.717) is 21.9 Å². The average molecular weight is 452 g/mol. The van der Waals surface area contributed by atoms with E-state index in [1.165, 1.54) is 11.8 Å². The topological polar surface area (TPSA) is 68.4 Å². The van der Waals surface area contributed by atoms with Crippen molar-refractivity contribution in [3.8, 4) is 0 Å². The summed E-state index contributed by atoms with van der Waals surface area (Å²) in [6.07, 6.45) is 0.180. The average Bonchev–Trinajstić information content (AvgIpc) is 3.53. The van der Waals surface area contributed by atoms with Crippen LogP contribution in [0.2, 0.25) is 5.02 Å². The molecule has 1 aromatic carbocycles. The highest BCUT2D eigenvalue weighted by Crippen LogP contribution is 2.46. The van der Waals surface area contributed by atoms with Crippen molar-refractivity contribution in [1.82, 2.24) is 4.90 Å². The molecule has 0 spiro atoms. The Bertz CT molecular complexity index is 893. The Balaban J connectivity index is 2.19. The van der Waals surface area contributed by atoms with E-state index in [9.17, 15) is 9.59 Å². The molecule has 2 aliphatic rings. The van der Waals surface area contributed by atoms with Crippen LogP contribution >= 0.6 is 23.4 Å². The van der Waals surface area contributed by atoms with Gasteiger partial charge in [0.2, 0.25) is 0 Å². The van der Waals surface area contributed by atoms with E-state index in [-0.39, 0.29) is 19.3 Å². The summed E-state index contributed by atoms with van der Waals surface area (Å²) in [5, 5.41) is 1.27. The van der Waals surface area contributed by atoms with Crippen LogP contribution in [0.3, 0.4) is 0 Å². The van der Waals surface area contributed by atoms with Crippen LogP contribution in [0.5, 0.6) is 0 Å². The van der Waals surface area contributed by atoms with Crippen molar-refractivity contribution in [2.45, 2.75) is 32.8 Å². The van der Waals surface area contributed by atoms with Crippen molar-refractivity contribution in [3.63, 3.8) is 0 Å². The lowest BCUT2D eigenvalue weighted by Gasteiger charge is -2.36. The number of halogens is 1. The molecule has 0 N–H and O–H groups in total. The van der Waals surface area contributed by atoms with Crippen LogP contribution in [0.4, 0.5) is 0 Å². The summed E-state index contributed by atoms with van der Waals surface area (Å²) in [6, 6.07) is 7.20. The Labute approximate surface area is 186 Å². The van der Waals surface area contributed by atoms with E-state index in [1.807, 2.05) is 31.0 Å². The number of ether oxygens (including phenoxy) is 3. The third-order valence-corrected chi connectivity index (χ3v) is 6.53. The fourth-order valence-electron chi connectivity index (χ4n) is 3.41. The molecular weight excluding hydrogens is 426 g/mol. The van der Waals surface area contributed by atoms with Crippen LogP contribution in [0.15, 0.2) is 46.1 Å². The van der Waals surface area contributed by atoms with E-state index < -0.39 is 17.9 Å². The lowest BCUT2D eigenvalue weighted by atomic mass is 9.81. The summed E-state index contributed by atoms with van der Waals surface area (Å²) < 4.78 is 16.1. The van der Waals surface area contributed by atoms with Gasteiger partial charge in [-0.25, -0.2) is 9.59 Å². The van der Waals surface area contributed by atoms with Gasteiger partial charge < -0.3 is 19.1 Å². The minimum absolute atomic E-state index is 0.180. The molecule has 2 atom stereocenters. The number of hydrogen-bond acceptors (Lipinski definition) is 7. The Morgan fingerprint density at radius 2 is 1.83 bits per heavy atom. The summed E-state index contributed by atoms with van der Waals surface area (Å²) in [4.78, 5) is 28.0. The SMILES string of the molecule is CCOC(=O)C1=C(C)N(C)C(SCC2CO2)=C(C(=O)OCC)C1c1cccc(Cl)c1. The first-order valence-electron chi connectivity index (χ1n) is 9.91. The quantitative estimate of drug-likeness (QED) is 0.435. The van der Waals surface area contributed by atoms with Crippen molar-refractivity contribution < 1.29 is 23.8 Å². The molecule has 0 aromatic heterocycles. The Morgan fingerprint density at radius 1 is 1.20 bits per heavy atom. The van der Waals surface area contributed by atoms with Crippen molar-refractivity contribution >= 4 is 35.3 Å². The van der Waals surface area contributed by atoms with Crippen LogP contribution in [0, 0.1) is 0 Å². The van der Waals surface area contributed by atoms with E-state index >= 15 is 0 Å². The second kappa shape index (κ2) is 9.90. The third-order valence-electron chi connectivity index (χ3n) is 4.99. The van der Waals surface area contributed by atoms with Gasteiger partial charge in [0.05, 0.1) is 48.0 Å². The maximum Gasteiger partial charge on any atom is 0.337 e. The standard InChI is InChI=1S/C22H26ClNO5S/c1-5-27-21(25)17-13(3)24(4)20(30-12-16-11-29-16)19(22(26)28-6-2)18(17)14-8-7-9-15(23)10-14/h7-10,16,18H,5-6,11-12H2,1-4H3. The highest BCUT2D eigenvalue weighted by atomic mass is 35.5. The van der Waals surface area contributed by atoms with Gasteiger partial charge in [-0.3, -0.25) is 0 Å². The molecule has 1 aromatic rings. The van der Waals surface area contributed by atoms with Gasteiger partial charge in [-0.2, -0.15) is 0 Å². The van der Waals surface area contributed by atoms with Crippen molar-refractivity contribution in [2.75, 3.05) is 32.6 Å². The first kappa shape index (κ1) is 22.7. The zero-order valence-electron chi connectivity index (χ0n) is 17.6. The van der Waals surface area contributed by atoms with Crippen LogP contribution in [-0.2, 0) is 23.8 Å².